The summed E-state index contributed by atoms with van der Waals surface area (Å²) in [6.07, 6.45) is 0. The zero-order valence-electron chi connectivity index (χ0n) is 14.9. The highest BCUT2D eigenvalue weighted by Gasteiger charge is 2.33. The molecule has 1 fully saturated rings. The number of carbonyl (C=O) groups excluding carboxylic acids is 1. The Balaban J connectivity index is 1.92. The number of rotatable bonds is 6. The van der Waals surface area contributed by atoms with E-state index < -0.39 is 10.0 Å². The van der Waals surface area contributed by atoms with Gasteiger partial charge in [0.1, 0.15) is 4.21 Å². The molecule has 136 valence electrons. The maximum atomic E-state index is 12.5. The van der Waals surface area contributed by atoms with Gasteiger partial charge in [0.25, 0.3) is 15.9 Å². The SMILES string of the molecule is CC(C)N(C(=O)C[NH+]1CCN(S(=O)(=O)c2cccs2)CC1)C(C)C. The van der Waals surface area contributed by atoms with Gasteiger partial charge >= 0.3 is 0 Å². The third-order valence-corrected chi connectivity index (χ3v) is 7.59. The van der Waals surface area contributed by atoms with Crippen molar-refractivity contribution in [3.05, 3.63) is 17.5 Å². The van der Waals surface area contributed by atoms with Crippen molar-refractivity contribution >= 4 is 27.3 Å². The number of carbonyl (C=O) groups is 1. The number of hydrogen-bond acceptors (Lipinski definition) is 4. The Labute approximate surface area is 149 Å². The van der Waals surface area contributed by atoms with Crippen molar-refractivity contribution in [3.63, 3.8) is 0 Å². The van der Waals surface area contributed by atoms with Crippen molar-refractivity contribution in [2.45, 2.75) is 44.0 Å². The van der Waals surface area contributed by atoms with Gasteiger partial charge in [-0.15, -0.1) is 11.3 Å². The Kier molecular flexibility index (Phi) is 6.41. The lowest BCUT2D eigenvalue weighted by Crippen LogP contribution is -3.15. The predicted octanol–water partition coefficient (Wildman–Crippen LogP) is 0.283. The van der Waals surface area contributed by atoms with Crippen molar-refractivity contribution in [1.82, 2.24) is 9.21 Å². The number of hydrogen-bond donors (Lipinski definition) is 1. The van der Waals surface area contributed by atoms with Gasteiger partial charge in [0.15, 0.2) is 6.54 Å². The second-order valence-electron chi connectivity index (χ2n) is 6.75. The second-order valence-corrected chi connectivity index (χ2v) is 9.86. The van der Waals surface area contributed by atoms with Crippen LogP contribution in [0.25, 0.3) is 0 Å². The van der Waals surface area contributed by atoms with Crippen molar-refractivity contribution in [2.75, 3.05) is 32.7 Å². The molecule has 1 aliphatic rings. The van der Waals surface area contributed by atoms with Crippen LogP contribution in [-0.2, 0) is 14.8 Å². The fourth-order valence-corrected chi connectivity index (χ4v) is 5.82. The van der Waals surface area contributed by atoms with Crippen LogP contribution in [0.5, 0.6) is 0 Å². The number of quaternary nitrogens is 1. The van der Waals surface area contributed by atoms with E-state index in [2.05, 4.69) is 0 Å². The zero-order chi connectivity index (χ0) is 17.9. The lowest BCUT2D eigenvalue weighted by Gasteiger charge is -2.34. The van der Waals surface area contributed by atoms with Gasteiger partial charge in [0.05, 0.1) is 26.2 Å². The van der Waals surface area contributed by atoms with E-state index in [1.165, 1.54) is 15.6 Å². The Hall–Kier alpha value is -0.960. The minimum Gasteiger partial charge on any atom is -0.333 e. The molecular weight excluding hydrogens is 346 g/mol. The normalized spacial score (nSPS) is 17.6. The molecule has 24 heavy (non-hydrogen) atoms. The van der Waals surface area contributed by atoms with Crippen LogP contribution in [0.3, 0.4) is 0 Å². The Morgan fingerprint density at radius 1 is 1.25 bits per heavy atom. The summed E-state index contributed by atoms with van der Waals surface area (Å²) in [5.74, 6) is 0.143. The molecule has 0 bridgehead atoms. The standard InChI is InChI=1S/C16H27N3O3S2/c1-13(2)19(14(3)4)15(20)12-17-7-9-18(10-8-17)24(21,22)16-6-5-11-23-16/h5-6,11,13-14H,7-10,12H2,1-4H3/p+1. The van der Waals surface area contributed by atoms with Crippen LogP contribution in [0.15, 0.2) is 21.7 Å². The summed E-state index contributed by atoms with van der Waals surface area (Å²) in [5, 5.41) is 1.78. The van der Waals surface area contributed by atoms with Gasteiger partial charge in [0.2, 0.25) is 0 Å². The average molecular weight is 375 g/mol. The van der Waals surface area contributed by atoms with E-state index in [0.29, 0.717) is 36.9 Å². The Morgan fingerprint density at radius 2 is 1.83 bits per heavy atom. The van der Waals surface area contributed by atoms with E-state index in [1.54, 1.807) is 17.5 Å². The molecule has 0 aliphatic carbocycles. The third-order valence-electron chi connectivity index (χ3n) is 4.32. The fraction of sp³-hybridized carbons (Fsp3) is 0.688. The molecule has 1 saturated heterocycles. The minimum atomic E-state index is -3.37. The quantitative estimate of drug-likeness (QED) is 0.778. The van der Waals surface area contributed by atoms with E-state index in [-0.39, 0.29) is 18.0 Å². The number of sulfonamides is 1. The fourth-order valence-electron chi connectivity index (χ4n) is 3.23. The molecule has 1 aromatic heterocycles. The number of nitrogens with one attached hydrogen (secondary N) is 1. The number of nitrogens with zero attached hydrogens (tertiary/aromatic N) is 2. The van der Waals surface area contributed by atoms with Gasteiger partial charge < -0.3 is 9.80 Å². The second kappa shape index (κ2) is 7.95. The Bertz CT molecular complexity index is 626. The van der Waals surface area contributed by atoms with E-state index >= 15 is 0 Å². The first-order valence-electron chi connectivity index (χ1n) is 8.42. The number of piperazine rings is 1. The highest BCUT2D eigenvalue weighted by Crippen LogP contribution is 2.20. The molecule has 0 unspecified atom stereocenters. The topological polar surface area (TPSA) is 62.1 Å². The van der Waals surface area contributed by atoms with Crippen LogP contribution in [0.4, 0.5) is 0 Å². The first-order valence-corrected chi connectivity index (χ1v) is 10.7. The van der Waals surface area contributed by atoms with Crippen molar-refractivity contribution in [2.24, 2.45) is 0 Å². The molecule has 8 heteroatoms. The third kappa shape index (κ3) is 4.36. The highest BCUT2D eigenvalue weighted by molar-refractivity contribution is 7.91. The van der Waals surface area contributed by atoms with Gasteiger partial charge in [-0.1, -0.05) is 6.07 Å². The average Bonchev–Trinajstić information content (AvgIpc) is 3.01. The molecule has 0 saturated carbocycles. The van der Waals surface area contributed by atoms with Crippen LogP contribution >= 0.6 is 11.3 Å². The number of amides is 1. The summed E-state index contributed by atoms with van der Waals surface area (Å²) >= 11 is 1.25. The highest BCUT2D eigenvalue weighted by atomic mass is 32.2. The summed E-state index contributed by atoms with van der Waals surface area (Å²) in [5.41, 5.74) is 0. The molecule has 2 heterocycles. The molecule has 1 N–H and O–H groups in total. The smallest absolute Gasteiger partial charge is 0.278 e. The van der Waals surface area contributed by atoms with Crippen LogP contribution in [0, 0.1) is 0 Å². The summed E-state index contributed by atoms with van der Waals surface area (Å²) < 4.78 is 27.0. The van der Waals surface area contributed by atoms with Crippen LogP contribution in [0.2, 0.25) is 0 Å². The molecular formula is C16H28N3O3S2+. The molecule has 0 aromatic carbocycles. The van der Waals surface area contributed by atoms with Crippen molar-refractivity contribution < 1.29 is 18.1 Å². The van der Waals surface area contributed by atoms with E-state index in [9.17, 15) is 13.2 Å². The van der Waals surface area contributed by atoms with Gasteiger partial charge in [-0.3, -0.25) is 4.79 Å². The van der Waals surface area contributed by atoms with Gasteiger partial charge in [0, 0.05) is 12.1 Å². The first-order chi connectivity index (χ1) is 11.2. The first kappa shape index (κ1) is 19.4. The monoisotopic (exact) mass is 374 g/mol. The van der Waals surface area contributed by atoms with Crippen molar-refractivity contribution in [3.8, 4) is 0 Å². The molecule has 0 spiro atoms. The van der Waals surface area contributed by atoms with Gasteiger partial charge in [-0.05, 0) is 39.1 Å². The van der Waals surface area contributed by atoms with Crippen LogP contribution in [-0.4, -0.2) is 68.3 Å². The van der Waals surface area contributed by atoms with E-state index in [1.807, 2.05) is 32.6 Å². The lowest BCUT2D eigenvalue weighted by molar-refractivity contribution is -0.896. The predicted molar refractivity (Wildman–Crippen MR) is 95.8 cm³/mol. The van der Waals surface area contributed by atoms with Gasteiger partial charge in [-0.2, -0.15) is 4.31 Å². The van der Waals surface area contributed by atoms with E-state index in [4.69, 9.17) is 0 Å². The molecule has 6 nitrogen and oxygen atoms in total. The lowest BCUT2D eigenvalue weighted by atomic mass is 10.2. The maximum absolute atomic E-state index is 12.5. The summed E-state index contributed by atoms with van der Waals surface area (Å²) in [6, 6.07) is 3.76. The summed E-state index contributed by atoms with van der Waals surface area (Å²) in [4.78, 5) is 15.6. The summed E-state index contributed by atoms with van der Waals surface area (Å²) in [6.45, 7) is 10.8. The molecule has 1 amide bonds. The minimum absolute atomic E-state index is 0.143. The molecule has 1 aromatic rings. The largest absolute Gasteiger partial charge is 0.333 e. The van der Waals surface area contributed by atoms with Crippen molar-refractivity contribution in [1.29, 1.82) is 0 Å². The molecule has 1 aliphatic heterocycles. The maximum Gasteiger partial charge on any atom is 0.278 e. The number of thiophene rings is 1. The van der Waals surface area contributed by atoms with E-state index in [0.717, 1.165) is 4.90 Å². The van der Waals surface area contributed by atoms with Crippen LogP contribution < -0.4 is 4.90 Å². The zero-order valence-corrected chi connectivity index (χ0v) is 16.5. The summed E-state index contributed by atoms with van der Waals surface area (Å²) in [7, 11) is -3.37. The van der Waals surface area contributed by atoms with Gasteiger partial charge in [-0.25, -0.2) is 8.42 Å². The Morgan fingerprint density at radius 3 is 2.29 bits per heavy atom. The van der Waals surface area contributed by atoms with Crippen LogP contribution in [0.1, 0.15) is 27.7 Å². The molecule has 0 atom stereocenters. The molecule has 0 radical (unpaired) electrons. The molecule has 2 rings (SSSR count).